The monoisotopic (exact) mass is 244 g/mol. The highest BCUT2D eigenvalue weighted by Gasteiger charge is 2.03. The summed E-state index contributed by atoms with van der Waals surface area (Å²) < 4.78 is 2.91. The molecule has 0 radical (unpaired) electrons. The standard InChI is InChI=1S/C8H6BrClN2/c1-5-3-11-8-7(10)2-6(9)4-12(5)8/h2-4H,1H3. The summed E-state index contributed by atoms with van der Waals surface area (Å²) in [5, 5.41) is 0.664. The molecule has 0 atom stereocenters. The van der Waals surface area contributed by atoms with Gasteiger partial charge >= 0.3 is 0 Å². The second-order valence-electron chi connectivity index (χ2n) is 2.60. The maximum Gasteiger partial charge on any atom is 0.155 e. The second-order valence-corrected chi connectivity index (χ2v) is 3.92. The van der Waals surface area contributed by atoms with Crippen molar-refractivity contribution in [2.24, 2.45) is 0 Å². The summed E-state index contributed by atoms with van der Waals surface area (Å²) in [4.78, 5) is 4.17. The van der Waals surface area contributed by atoms with E-state index in [9.17, 15) is 0 Å². The van der Waals surface area contributed by atoms with E-state index >= 15 is 0 Å². The highest BCUT2D eigenvalue weighted by molar-refractivity contribution is 9.10. The van der Waals surface area contributed by atoms with Gasteiger partial charge in [-0.1, -0.05) is 11.6 Å². The van der Waals surface area contributed by atoms with Crippen LogP contribution in [0.4, 0.5) is 0 Å². The topological polar surface area (TPSA) is 17.3 Å². The van der Waals surface area contributed by atoms with Gasteiger partial charge in [0.2, 0.25) is 0 Å². The van der Waals surface area contributed by atoms with Crippen LogP contribution in [-0.2, 0) is 0 Å². The van der Waals surface area contributed by atoms with Gasteiger partial charge in [-0.2, -0.15) is 0 Å². The van der Waals surface area contributed by atoms with E-state index in [1.807, 2.05) is 23.6 Å². The van der Waals surface area contributed by atoms with Crippen LogP contribution in [0.2, 0.25) is 5.02 Å². The molecule has 0 saturated carbocycles. The van der Waals surface area contributed by atoms with Gasteiger partial charge in [0, 0.05) is 22.6 Å². The van der Waals surface area contributed by atoms with Gasteiger partial charge in [-0.3, -0.25) is 0 Å². The number of imidazole rings is 1. The molecule has 2 nitrogen and oxygen atoms in total. The van der Waals surface area contributed by atoms with E-state index in [-0.39, 0.29) is 0 Å². The number of halogens is 2. The molecule has 12 heavy (non-hydrogen) atoms. The maximum absolute atomic E-state index is 5.96. The Morgan fingerprint density at radius 2 is 2.33 bits per heavy atom. The Bertz CT molecular complexity index is 436. The first-order valence-electron chi connectivity index (χ1n) is 3.47. The Labute approximate surface area is 83.3 Å². The lowest BCUT2D eigenvalue weighted by Gasteiger charge is -1.98. The Morgan fingerprint density at radius 1 is 1.58 bits per heavy atom. The van der Waals surface area contributed by atoms with Crippen LogP contribution in [0.5, 0.6) is 0 Å². The van der Waals surface area contributed by atoms with Crippen LogP contribution in [0.1, 0.15) is 5.69 Å². The summed E-state index contributed by atoms with van der Waals surface area (Å²) >= 11 is 9.33. The minimum atomic E-state index is 0.664. The second kappa shape index (κ2) is 2.75. The lowest BCUT2D eigenvalue weighted by molar-refractivity contribution is 1.10. The number of aromatic nitrogens is 2. The molecule has 0 amide bonds. The summed E-state index contributed by atoms with van der Waals surface area (Å²) in [6, 6.07) is 1.84. The van der Waals surface area contributed by atoms with E-state index in [0.717, 1.165) is 15.8 Å². The van der Waals surface area contributed by atoms with Crippen LogP contribution < -0.4 is 0 Å². The number of nitrogens with zero attached hydrogens (tertiary/aromatic N) is 2. The zero-order valence-electron chi connectivity index (χ0n) is 6.38. The fourth-order valence-corrected chi connectivity index (χ4v) is 1.95. The average molecular weight is 246 g/mol. The number of rotatable bonds is 0. The van der Waals surface area contributed by atoms with Crippen molar-refractivity contribution < 1.29 is 0 Å². The first kappa shape index (κ1) is 8.08. The van der Waals surface area contributed by atoms with E-state index in [4.69, 9.17) is 11.6 Å². The normalized spacial score (nSPS) is 10.9. The molecule has 0 fully saturated rings. The largest absolute Gasteiger partial charge is 0.302 e. The van der Waals surface area contributed by atoms with Crippen molar-refractivity contribution in [1.29, 1.82) is 0 Å². The summed E-state index contributed by atoms with van der Waals surface area (Å²) in [5.74, 6) is 0. The van der Waals surface area contributed by atoms with Crippen molar-refractivity contribution in [2.75, 3.05) is 0 Å². The van der Waals surface area contributed by atoms with Crippen molar-refractivity contribution in [3.8, 4) is 0 Å². The quantitative estimate of drug-likeness (QED) is 0.697. The molecule has 0 bridgehead atoms. The molecule has 2 heterocycles. The van der Waals surface area contributed by atoms with Gasteiger partial charge in [-0.05, 0) is 28.9 Å². The first-order chi connectivity index (χ1) is 5.68. The number of fused-ring (bicyclic) bond motifs is 1. The van der Waals surface area contributed by atoms with Crippen molar-refractivity contribution in [1.82, 2.24) is 9.38 Å². The van der Waals surface area contributed by atoms with Crippen molar-refractivity contribution in [2.45, 2.75) is 6.92 Å². The van der Waals surface area contributed by atoms with E-state index < -0.39 is 0 Å². The molecule has 2 aromatic heterocycles. The highest BCUT2D eigenvalue weighted by Crippen LogP contribution is 2.22. The van der Waals surface area contributed by atoms with E-state index in [2.05, 4.69) is 20.9 Å². The molecule has 0 saturated heterocycles. The van der Waals surface area contributed by atoms with Gasteiger partial charge in [-0.15, -0.1) is 0 Å². The smallest absolute Gasteiger partial charge is 0.155 e. The first-order valence-corrected chi connectivity index (χ1v) is 4.64. The van der Waals surface area contributed by atoms with Crippen molar-refractivity contribution in [3.05, 3.63) is 33.6 Å². The molecular formula is C8H6BrClN2. The average Bonchev–Trinajstić information content (AvgIpc) is 2.33. The van der Waals surface area contributed by atoms with Crippen LogP contribution >= 0.6 is 27.5 Å². The summed E-state index contributed by atoms with van der Waals surface area (Å²) in [6.07, 6.45) is 3.75. The van der Waals surface area contributed by atoms with Crippen LogP contribution in [0.15, 0.2) is 22.9 Å². The molecule has 0 aliphatic heterocycles. The van der Waals surface area contributed by atoms with Crippen LogP contribution in [0.25, 0.3) is 5.65 Å². The third-order valence-electron chi connectivity index (χ3n) is 1.71. The lowest BCUT2D eigenvalue weighted by Crippen LogP contribution is -1.87. The third kappa shape index (κ3) is 1.13. The molecule has 0 aliphatic rings. The molecular weight excluding hydrogens is 239 g/mol. The third-order valence-corrected chi connectivity index (χ3v) is 2.42. The molecule has 0 aliphatic carbocycles. The molecule has 2 aromatic rings. The Hall–Kier alpha value is -0.540. The fraction of sp³-hybridized carbons (Fsp3) is 0.125. The summed E-state index contributed by atoms with van der Waals surface area (Å²) in [6.45, 7) is 1.99. The molecule has 2 rings (SSSR count). The fourth-order valence-electron chi connectivity index (χ4n) is 1.13. The summed E-state index contributed by atoms with van der Waals surface area (Å²) in [5.41, 5.74) is 1.88. The van der Waals surface area contributed by atoms with Crippen LogP contribution in [0, 0.1) is 6.92 Å². The Kier molecular flexibility index (Phi) is 1.85. The number of aryl methyl sites for hydroxylation is 1. The molecule has 0 spiro atoms. The van der Waals surface area contributed by atoms with Crippen LogP contribution in [-0.4, -0.2) is 9.38 Å². The van der Waals surface area contributed by atoms with Gasteiger partial charge in [-0.25, -0.2) is 4.98 Å². The van der Waals surface area contributed by atoms with Gasteiger partial charge in [0.05, 0.1) is 5.02 Å². The van der Waals surface area contributed by atoms with Gasteiger partial charge in [0.25, 0.3) is 0 Å². The molecule has 0 unspecified atom stereocenters. The highest BCUT2D eigenvalue weighted by atomic mass is 79.9. The lowest BCUT2D eigenvalue weighted by atomic mass is 10.4. The van der Waals surface area contributed by atoms with Crippen molar-refractivity contribution >= 4 is 33.2 Å². The van der Waals surface area contributed by atoms with Gasteiger partial charge < -0.3 is 4.40 Å². The predicted molar refractivity (Wildman–Crippen MR) is 52.6 cm³/mol. The van der Waals surface area contributed by atoms with Crippen LogP contribution in [0.3, 0.4) is 0 Å². The maximum atomic E-state index is 5.96. The predicted octanol–water partition coefficient (Wildman–Crippen LogP) is 3.06. The zero-order valence-corrected chi connectivity index (χ0v) is 8.72. The Balaban J connectivity index is 2.92. The molecule has 4 heteroatoms. The van der Waals surface area contributed by atoms with E-state index in [1.165, 1.54) is 0 Å². The minimum absolute atomic E-state index is 0.664. The number of pyridine rings is 1. The molecule has 0 N–H and O–H groups in total. The van der Waals surface area contributed by atoms with E-state index in [1.54, 1.807) is 6.20 Å². The zero-order chi connectivity index (χ0) is 8.72. The minimum Gasteiger partial charge on any atom is -0.302 e. The SMILES string of the molecule is Cc1cnc2c(Cl)cc(Br)cn12. The number of hydrogen-bond donors (Lipinski definition) is 0. The van der Waals surface area contributed by atoms with E-state index in [0.29, 0.717) is 5.02 Å². The van der Waals surface area contributed by atoms with Gasteiger partial charge in [0.15, 0.2) is 5.65 Å². The van der Waals surface area contributed by atoms with Gasteiger partial charge in [0.1, 0.15) is 0 Å². The van der Waals surface area contributed by atoms with Crippen molar-refractivity contribution in [3.63, 3.8) is 0 Å². The molecule has 0 aromatic carbocycles. The Morgan fingerprint density at radius 3 is 3.08 bits per heavy atom. The summed E-state index contributed by atoms with van der Waals surface area (Å²) in [7, 11) is 0. The number of hydrogen-bond acceptors (Lipinski definition) is 1. The molecule has 62 valence electrons.